The molecule has 1 heterocycles. The number of carbonyl (C=O) groups excluding carboxylic acids is 8. The Morgan fingerprint density at radius 1 is 0.906 bits per heavy atom. The van der Waals surface area contributed by atoms with Gasteiger partial charge in [0.05, 0.1) is 37.2 Å². The quantitative estimate of drug-likeness (QED) is 0.0398. The summed E-state index contributed by atoms with van der Waals surface area (Å²) in [5, 5.41) is 32.8. The number of nitrogens with one attached hydrogen (secondary N) is 5. The third kappa shape index (κ3) is 17.6. The number of aliphatic hydroxyl groups excluding tert-OH is 1. The number of thioether (sulfide) groups is 1. The molecular formula is C33H56N8O11S. The van der Waals surface area contributed by atoms with Crippen LogP contribution in [0.25, 0.3) is 0 Å². The van der Waals surface area contributed by atoms with Gasteiger partial charge in [-0.25, -0.2) is 0 Å². The second kappa shape index (κ2) is 23.7. The van der Waals surface area contributed by atoms with Crippen molar-refractivity contribution in [1.29, 1.82) is 0 Å². The number of morpholine rings is 1. The van der Waals surface area contributed by atoms with Crippen molar-refractivity contribution in [2.75, 3.05) is 57.5 Å². The summed E-state index contributed by atoms with van der Waals surface area (Å²) in [6, 6.07) is -6.78. The highest BCUT2D eigenvalue weighted by atomic mass is 32.2. The van der Waals surface area contributed by atoms with Crippen LogP contribution in [-0.4, -0.2) is 155 Å². The van der Waals surface area contributed by atoms with Crippen molar-refractivity contribution in [2.45, 2.75) is 82.8 Å². The molecule has 19 nitrogen and oxygen atoms in total. The van der Waals surface area contributed by atoms with Crippen molar-refractivity contribution < 1.29 is 53.3 Å². The monoisotopic (exact) mass is 772 g/mol. The van der Waals surface area contributed by atoms with Crippen LogP contribution in [0.5, 0.6) is 0 Å². The summed E-state index contributed by atoms with van der Waals surface area (Å²) in [5.74, 6) is -7.04. The Kier molecular flexibility index (Phi) is 21.0. The second-order valence-corrected chi connectivity index (χ2v) is 14.3. The fourth-order valence-electron chi connectivity index (χ4n) is 4.98. The van der Waals surface area contributed by atoms with Gasteiger partial charge in [0.2, 0.25) is 35.4 Å². The van der Waals surface area contributed by atoms with Crippen LogP contribution in [0.2, 0.25) is 0 Å². The number of allylic oxidation sites excluding steroid dienone is 1. The molecule has 1 aliphatic heterocycles. The molecule has 300 valence electrons. The zero-order chi connectivity index (χ0) is 40.3. The van der Waals surface area contributed by atoms with Gasteiger partial charge in [0, 0.05) is 44.1 Å². The third-order valence-electron chi connectivity index (χ3n) is 8.06. The van der Waals surface area contributed by atoms with E-state index >= 15 is 0 Å². The second-order valence-electron chi connectivity index (χ2n) is 13.2. The van der Waals surface area contributed by atoms with Crippen LogP contribution < -0.4 is 38.1 Å². The minimum Gasteiger partial charge on any atom is -0.394 e. The Balaban J connectivity index is 3.08. The Hall–Kier alpha value is -3.95. The number of hydrogen-bond acceptors (Lipinski definition) is 14. The van der Waals surface area contributed by atoms with Gasteiger partial charge < -0.3 is 53.0 Å². The molecule has 11 N–H and O–H groups in total. The van der Waals surface area contributed by atoms with Gasteiger partial charge in [0.25, 0.3) is 0 Å². The Bertz CT molecular complexity index is 1310. The van der Waals surface area contributed by atoms with Crippen LogP contribution in [0.3, 0.4) is 0 Å². The molecule has 0 aromatic rings. The summed E-state index contributed by atoms with van der Waals surface area (Å²) in [4.78, 5) is 104. The molecule has 53 heavy (non-hydrogen) atoms. The highest BCUT2D eigenvalue weighted by Crippen LogP contribution is 2.13. The molecule has 0 aromatic heterocycles. The largest absolute Gasteiger partial charge is 0.394 e. The summed E-state index contributed by atoms with van der Waals surface area (Å²) in [5.41, 5.74) is 9.04. The van der Waals surface area contributed by atoms with E-state index in [0.29, 0.717) is 26.3 Å². The first kappa shape index (κ1) is 47.1. The number of rotatable bonds is 25. The number of hydrogen-bond donors (Lipinski definition) is 9. The first-order chi connectivity index (χ1) is 24.8. The molecule has 0 spiro atoms. The molecule has 0 aromatic carbocycles. The van der Waals surface area contributed by atoms with Gasteiger partial charge >= 0.3 is 0 Å². The minimum atomic E-state index is -1.88. The standard InChI is InChI=1S/C33H56N8O11S/c1-6-7-21(44)14-19(2)29(47)40-27(33(4,5)51)32(50)38-24(16-42)30(48)39-25(31(49)37-22(8-9-34)28(35)46)17-53-18-26(45)36-23(20(3)43)15-41-10-12-52-13-11-41/h6,19,22-25,27,42,51H,1,7-18,34H2,2-5H3,(H2,35,46)(H,36,45)(H,37,49)(H,38,50)(H,39,48)(H,40,47)/t19-,22+,23+,24+,25+,27-/m1/s1. The first-order valence-electron chi connectivity index (χ1n) is 17.2. The van der Waals surface area contributed by atoms with Crippen molar-refractivity contribution in [2.24, 2.45) is 17.4 Å². The number of nitrogens with zero attached hydrogens (tertiary/aromatic N) is 1. The number of primary amides is 1. The van der Waals surface area contributed by atoms with Crippen LogP contribution in [0.4, 0.5) is 0 Å². The third-order valence-corrected chi connectivity index (χ3v) is 9.10. The van der Waals surface area contributed by atoms with Gasteiger partial charge in [-0.15, -0.1) is 18.3 Å². The number of Topliss-reactive ketones (excluding diaryl/α,β-unsaturated/α-hetero) is 2. The molecule has 0 saturated carbocycles. The Morgan fingerprint density at radius 2 is 1.49 bits per heavy atom. The predicted molar refractivity (Wildman–Crippen MR) is 195 cm³/mol. The lowest BCUT2D eigenvalue weighted by atomic mass is 9.95. The van der Waals surface area contributed by atoms with Gasteiger partial charge in [0.15, 0.2) is 5.78 Å². The molecule has 0 bridgehead atoms. The van der Waals surface area contributed by atoms with Crippen LogP contribution >= 0.6 is 11.8 Å². The first-order valence-corrected chi connectivity index (χ1v) is 18.3. The van der Waals surface area contributed by atoms with Crippen LogP contribution in [-0.2, 0) is 43.1 Å². The summed E-state index contributed by atoms with van der Waals surface area (Å²) < 4.78 is 5.32. The van der Waals surface area contributed by atoms with E-state index < -0.39 is 83.8 Å². The van der Waals surface area contributed by atoms with Crippen molar-refractivity contribution in [1.82, 2.24) is 31.5 Å². The molecule has 6 amide bonds. The van der Waals surface area contributed by atoms with Gasteiger partial charge in [-0.3, -0.25) is 43.3 Å². The summed E-state index contributed by atoms with van der Waals surface area (Å²) in [6.07, 6.45) is 1.25. The lowest BCUT2D eigenvalue weighted by Gasteiger charge is -2.31. The van der Waals surface area contributed by atoms with E-state index in [1.54, 1.807) is 0 Å². The molecule has 6 atom stereocenters. The molecule has 0 unspecified atom stereocenters. The van der Waals surface area contributed by atoms with Crippen molar-refractivity contribution in [3.05, 3.63) is 12.7 Å². The van der Waals surface area contributed by atoms with E-state index in [1.807, 2.05) is 4.90 Å². The summed E-state index contributed by atoms with van der Waals surface area (Å²) in [6.45, 7) is 10.2. The average molecular weight is 773 g/mol. The number of nitrogens with two attached hydrogens (primary N) is 2. The SMILES string of the molecule is C=CCC(=O)C[C@@H](C)C(=O)N[C@H](C(=O)N[C@@H](CO)C(=O)N[C@@H](CSCC(=O)N[C@@H](CN1CCOCC1)C(C)=O)C(=O)N[C@@H](CCN)C(N)=O)C(C)(C)O. The van der Waals surface area contributed by atoms with Crippen LogP contribution in [0, 0.1) is 5.92 Å². The molecule has 1 fully saturated rings. The number of ketones is 2. The normalized spacial score (nSPS) is 16.7. The van der Waals surface area contributed by atoms with Gasteiger partial charge in [-0.1, -0.05) is 13.0 Å². The molecule has 0 aliphatic carbocycles. The summed E-state index contributed by atoms with van der Waals surface area (Å²) >= 11 is 0.913. The fraction of sp³-hybridized carbons (Fsp3) is 0.697. The van der Waals surface area contributed by atoms with Crippen LogP contribution in [0.15, 0.2) is 12.7 Å². The Labute approximate surface area is 313 Å². The Morgan fingerprint density at radius 3 is 2.02 bits per heavy atom. The molecule has 20 heteroatoms. The smallest absolute Gasteiger partial charge is 0.246 e. The maximum atomic E-state index is 13.3. The number of carbonyl (C=O) groups is 8. The number of ether oxygens (including phenoxy) is 1. The van der Waals surface area contributed by atoms with Crippen LogP contribution in [0.1, 0.15) is 47.0 Å². The van der Waals surface area contributed by atoms with Crippen molar-refractivity contribution in [3.8, 4) is 0 Å². The van der Waals surface area contributed by atoms with E-state index in [0.717, 1.165) is 11.8 Å². The fourth-order valence-corrected chi connectivity index (χ4v) is 5.84. The summed E-state index contributed by atoms with van der Waals surface area (Å²) in [7, 11) is 0. The van der Waals surface area contributed by atoms with E-state index in [2.05, 4.69) is 33.2 Å². The van der Waals surface area contributed by atoms with E-state index in [9.17, 15) is 48.6 Å². The van der Waals surface area contributed by atoms with Gasteiger partial charge in [-0.05, 0) is 33.7 Å². The van der Waals surface area contributed by atoms with Gasteiger partial charge in [-0.2, -0.15) is 0 Å². The molecule has 1 saturated heterocycles. The molecule has 0 radical (unpaired) electrons. The number of amides is 6. The zero-order valence-electron chi connectivity index (χ0n) is 30.8. The van der Waals surface area contributed by atoms with Crippen molar-refractivity contribution in [3.63, 3.8) is 0 Å². The minimum absolute atomic E-state index is 0.0109. The predicted octanol–water partition coefficient (Wildman–Crippen LogP) is -4.17. The molecule has 1 aliphatic rings. The van der Waals surface area contributed by atoms with E-state index in [4.69, 9.17) is 16.2 Å². The zero-order valence-corrected chi connectivity index (χ0v) is 31.6. The van der Waals surface area contributed by atoms with E-state index in [1.165, 1.54) is 33.8 Å². The topological polar surface area (TPSA) is 302 Å². The number of aliphatic hydroxyl groups is 2. The lowest BCUT2D eigenvalue weighted by molar-refractivity contribution is -0.139. The van der Waals surface area contributed by atoms with Gasteiger partial charge in [0.1, 0.15) is 30.0 Å². The highest BCUT2D eigenvalue weighted by molar-refractivity contribution is 8.00. The molecule has 1 rings (SSSR count). The lowest BCUT2D eigenvalue weighted by Crippen LogP contribution is -2.63. The average Bonchev–Trinajstić information content (AvgIpc) is 3.08. The van der Waals surface area contributed by atoms with E-state index in [-0.39, 0.29) is 55.4 Å². The van der Waals surface area contributed by atoms with Crippen molar-refractivity contribution >= 4 is 58.8 Å². The highest BCUT2D eigenvalue weighted by Gasteiger charge is 2.38. The maximum Gasteiger partial charge on any atom is 0.246 e. The maximum absolute atomic E-state index is 13.3. The molecular weight excluding hydrogens is 716 g/mol.